The lowest BCUT2D eigenvalue weighted by atomic mass is 9.78. The van der Waals surface area contributed by atoms with Gasteiger partial charge in [-0.1, -0.05) is 35.3 Å². The molecule has 0 saturated carbocycles. The van der Waals surface area contributed by atoms with Gasteiger partial charge in [0.15, 0.2) is 0 Å². The van der Waals surface area contributed by atoms with Crippen molar-refractivity contribution in [3.05, 3.63) is 47.0 Å². The minimum absolute atomic E-state index is 0.214. The molecule has 0 atom stereocenters. The molecule has 0 spiro atoms. The fourth-order valence-electron chi connectivity index (χ4n) is 3.78. The molecule has 186 valence electrons. The van der Waals surface area contributed by atoms with Gasteiger partial charge in [0, 0.05) is 5.56 Å². The van der Waals surface area contributed by atoms with Crippen molar-refractivity contribution in [2.75, 3.05) is 5.73 Å². The SMILES string of the molecule is CC1(C)OB(c2ccc(N=C(Cl)c3cc(B4OC(C)(C)C(C)(C)O4)cc(Cl)c3N)cc2)OC1(C)C. The smallest absolute Gasteiger partial charge is 0.399 e. The minimum atomic E-state index is -0.597. The average molecular weight is 517 g/mol. The zero-order valence-electron chi connectivity index (χ0n) is 21.5. The summed E-state index contributed by atoms with van der Waals surface area (Å²) in [5.74, 6) is 0. The maximum absolute atomic E-state index is 6.63. The first-order valence-corrected chi connectivity index (χ1v) is 12.4. The maximum Gasteiger partial charge on any atom is 0.494 e. The Balaban J connectivity index is 1.58. The van der Waals surface area contributed by atoms with Crippen LogP contribution in [0.2, 0.25) is 5.02 Å². The van der Waals surface area contributed by atoms with Crippen LogP contribution < -0.4 is 16.7 Å². The van der Waals surface area contributed by atoms with E-state index in [9.17, 15) is 0 Å². The van der Waals surface area contributed by atoms with E-state index in [0.29, 0.717) is 22.0 Å². The highest BCUT2D eigenvalue weighted by molar-refractivity contribution is 6.71. The highest BCUT2D eigenvalue weighted by Crippen LogP contribution is 2.38. The van der Waals surface area contributed by atoms with Crippen molar-refractivity contribution >= 4 is 64.9 Å². The van der Waals surface area contributed by atoms with Gasteiger partial charge in [-0.15, -0.1) is 0 Å². The van der Waals surface area contributed by atoms with E-state index in [1.54, 1.807) is 6.07 Å². The predicted molar refractivity (Wildman–Crippen MR) is 146 cm³/mol. The van der Waals surface area contributed by atoms with E-state index in [-0.39, 0.29) is 5.17 Å². The number of aliphatic imine (C=N–C) groups is 1. The van der Waals surface area contributed by atoms with Crippen LogP contribution >= 0.6 is 23.2 Å². The van der Waals surface area contributed by atoms with Crippen molar-refractivity contribution in [3.8, 4) is 0 Å². The molecule has 2 N–H and O–H groups in total. The quantitative estimate of drug-likeness (QED) is 0.357. The van der Waals surface area contributed by atoms with Crippen LogP contribution in [0.3, 0.4) is 0 Å². The Labute approximate surface area is 218 Å². The summed E-state index contributed by atoms with van der Waals surface area (Å²) in [5.41, 5.74) is 7.62. The second-order valence-electron chi connectivity index (χ2n) is 11.1. The second-order valence-corrected chi connectivity index (χ2v) is 11.9. The lowest BCUT2D eigenvalue weighted by Crippen LogP contribution is -2.41. The zero-order valence-corrected chi connectivity index (χ0v) is 23.0. The number of nitrogen functional groups attached to an aromatic ring is 1. The molecule has 0 unspecified atom stereocenters. The van der Waals surface area contributed by atoms with Gasteiger partial charge in [-0.3, -0.25) is 0 Å². The van der Waals surface area contributed by atoms with Gasteiger partial charge in [-0.05, 0) is 90.6 Å². The summed E-state index contributed by atoms with van der Waals surface area (Å²) >= 11 is 13.1. The minimum Gasteiger partial charge on any atom is -0.399 e. The number of benzene rings is 2. The van der Waals surface area contributed by atoms with Crippen molar-refractivity contribution < 1.29 is 18.6 Å². The van der Waals surface area contributed by atoms with E-state index in [4.69, 9.17) is 47.6 Å². The number of rotatable bonds is 4. The van der Waals surface area contributed by atoms with Crippen molar-refractivity contribution in [2.45, 2.75) is 77.8 Å². The molecular formula is C25H32B2Cl2N2O4. The van der Waals surface area contributed by atoms with Crippen LogP contribution in [0, 0.1) is 0 Å². The maximum atomic E-state index is 6.63. The molecule has 0 amide bonds. The molecule has 6 nitrogen and oxygen atoms in total. The number of nitrogens with zero attached hydrogens (tertiary/aromatic N) is 1. The average Bonchev–Trinajstić information content (AvgIpc) is 3.09. The Kier molecular flexibility index (Phi) is 6.66. The zero-order chi connectivity index (χ0) is 26.0. The largest absolute Gasteiger partial charge is 0.494 e. The molecule has 2 aromatic rings. The predicted octanol–water partition coefficient (Wildman–Crippen LogP) is 4.84. The van der Waals surface area contributed by atoms with Gasteiger partial charge >= 0.3 is 14.2 Å². The molecule has 2 saturated heterocycles. The molecule has 0 bridgehead atoms. The molecule has 0 aromatic heterocycles. The summed E-state index contributed by atoms with van der Waals surface area (Å²) in [6, 6.07) is 11.1. The standard InChI is InChI=1S/C25H32B2Cl2N2O4/c1-22(2)23(3,4)33-26(32-22)15-9-11-17(12-10-15)31-21(29)18-13-16(14-19(28)20(18)30)27-34-24(5,6)25(7,8)35-27/h9-14H,30H2,1-8H3. The first-order chi connectivity index (χ1) is 16.0. The molecule has 2 aliphatic heterocycles. The van der Waals surface area contributed by atoms with Crippen LogP contribution in [-0.4, -0.2) is 41.8 Å². The van der Waals surface area contributed by atoms with Gasteiger partial charge < -0.3 is 24.4 Å². The lowest BCUT2D eigenvalue weighted by molar-refractivity contribution is 0.00578. The van der Waals surface area contributed by atoms with Gasteiger partial charge in [0.2, 0.25) is 0 Å². The van der Waals surface area contributed by atoms with Crippen molar-refractivity contribution in [1.29, 1.82) is 0 Å². The molecule has 0 radical (unpaired) electrons. The third kappa shape index (κ3) is 4.89. The Morgan fingerprint density at radius 2 is 1.17 bits per heavy atom. The van der Waals surface area contributed by atoms with Gasteiger partial charge in [-0.25, -0.2) is 4.99 Å². The lowest BCUT2D eigenvalue weighted by Gasteiger charge is -2.32. The Morgan fingerprint density at radius 3 is 1.63 bits per heavy atom. The van der Waals surface area contributed by atoms with Crippen LogP contribution in [-0.2, 0) is 18.6 Å². The number of hydrogen-bond acceptors (Lipinski definition) is 6. The summed E-state index contributed by atoms with van der Waals surface area (Å²) in [7, 11) is -1.04. The highest BCUT2D eigenvalue weighted by atomic mass is 35.5. The normalized spacial score (nSPS) is 22.6. The molecule has 2 heterocycles. The van der Waals surface area contributed by atoms with Crippen LogP contribution in [0.25, 0.3) is 0 Å². The second kappa shape index (κ2) is 8.79. The van der Waals surface area contributed by atoms with Crippen LogP contribution in [0.5, 0.6) is 0 Å². The van der Waals surface area contributed by atoms with E-state index in [2.05, 4.69) is 4.99 Å². The van der Waals surface area contributed by atoms with Gasteiger partial charge in [0.25, 0.3) is 0 Å². The molecule has 0 aliphatic carbocycles. The molecule has 2 aromatic carbocycles. The molecule has 35 heavy (non-hydrogen) atoms. The molecule has 2 fully saturated rings. The van der Waals surface area contributed by atoms with Crippen LogP contribution in [0.1, 0.15) is 61.0 Å². The fraction of sp³-hybridized carbons (Fsp3) is 0.480. The third-order valence-electron chi connectivity index (χ3n) is 7.55. The summed E-state index contributed by atoms with van der Waals surface area (Å²) in [5, 5.41) is 0.572. The summed E-state index contributed by atoms with van der Waals surface area (Å²) in [6.45, 7) is 16.1. The Hall–Kier alpha value is -1.54. The van der Waals surface area contributed by atoms with Gasteiger partial charge in [0.1, 0.15) is 5.17 Å². The van der Waals surface area contributed by atoms with Crippen LogP contribution in [0.4, 0.5) is 11.4 Å². The van der Waals surface area contributed by atoms with E-state index >= 15 is 0 Å². The van der Waals surface area contributed by atoms with Gasteiger partial charge in [-0.2, -0.15) is 0 Å². The van der Waals surface area contributed by atoms with E-state index < -0.39 is 36.6 Å². The topological polar surface area (TPSA) is 75.3 Å². The van der Waals surface area contributed by atoms with Crippen molar-refractivity contribution in [2.24, 2.45) is 4.99 Å². The molecule has 2 aliphatic rings. The number of halogens is 2. The first-order valence-electron chi connectivity index (χ1n) is 11.7. The van der Waals surface area contributed by atoms with Crippen molar-refractivity contribution in [3.63, 3.8) is 0 Å². The van der Waals surface area contributed by atoms with E-state index in [0.717, 1.165) is 10.9 Å². The van der Waals surface area contributed by atoms with Crippen molar-refractivity contribution in [1.82, 2.24) is 0 Å². The first kappa shape index (κ1) is 26.5. The summed E-state index contributed by atoms with van der Waals surface area (Å²) < 4.78 is 24.6. The fourth-order valence-corrected chi connectivity index (χ4v) is 4.27. The third-order valence-corrected chi connectivity index (χ3v) is 8.15. The molecule has 10 heteroatoms. The Morgan fingerprint density at radius 1 is 0.743 bits per heavy atom. The summed E-state index contributed by atoms with van der Waals surface area (Å²) in [6.07, 6.45) is 0. The Bertz CT molecular complexity index is 1130. The van der Waals surface area contributed by atoms with Crippen LogP contribution in [0.15, 0.2) is 41.4 Å². The highest BCUT2D eigenvalue weighted by Gasteiger charge is 2.52. The van der Waals surface area contributed by atoms with Gasteiger partial charge in [0.05, 0.1) is 38.8 Å². The molecular weight excluding hydrogens is 485 g/mol. The number of hydrogen-bond donors (Lipinski definition) is 1. The number of anilines is 1. The summed E-state index contributed by atoms with van der Waals surface area (Å²) in [4.78, 5) is 4.56. The number of nitrogens with two attached hydrogens (primary N) is 1. The monoisotopic (exact) mass is 516 g/mol. The molecule has 4 rings (SSSR count). The van der Waals surface area contributed by atoms with E-state index in [1.807, 2.05) is 85.7 Å². The van der Waals surface area contributed by atoms with E-state index in [1.165, 1.54) is 0 Å².